The van der Waals surface area contributed by atoms with Gasteiger partial charge in [-0.05, 0) is 25.7 Å². The fourth-order valence-corrected chi connectivity index (χ4v) is 4.05. The molecule has 0 saturated carbocycles. The van der Waals surface area contributed by atoms with Crippen LogP contribution in [0.2, 0.25) is 0 Å². The number of rotatable bonds is 22. The van der Waals surface area contributed by atoms with E-state index in [4.69, 9.17) is 0 Å². The van der Waals surface area contributed by atoms with Crippen molar-refractivity contribution in [3.8, 4) is 0 Å². The van der Waals surface area contributed by atoms with Gasteiger partial charge in [0.2, 0.25) is 0 Å². The minimum absolute atomic E-state index is 0.244. The second-order valence-corrected chi connectivity index (χ2v) is 8.91. The zero-order chi connectivity index (χ0) is 21.8. The van der Waals surface area contributed by atoms with Gasteiger partial charge in [-0.1, -0.05) is 123 Å². The monoisotopic (exact) mass is 412 g/mol. The van der Waals surface area contributed by atoms with Crippen molar-refractivity contribution < 1.29 is 14.3 Å². The lowest BCUT2D eigenvalue weighted by molar-refractivity contribution is -0.134. The summed E-state index contributed by atoms with van der Waals surface area (Å²) in [4.78, 5) is 11.3. The number of hydrogen-bond acceptors (Lipinski definition) is 1. The van der Waals surface area contributed by atoms with Gasteiger partial charge in [0.05, 0.1) is 5.57 Å². The van der Waals surface area contributed by atoms with Crippen molar-refractivity contribution in [2.45, 2.75) is 148 Å². The van der Waals surface area contributed by atoms with Gasteiger partial charge in [0.1, 0.15) is 5.67 Å². The molecular formula is C26H49FO2. The number of aliphatic carboxylic acids is 1. The van der Waals surface area contributed by atoms with Crippen LogP contribution >= 0.6 is 0 Å². The van der Waals surface area contributed by atoms with Crippen molar-refractivity contribution in [3.63, 3.8) is 0 Å². The van der Waals surface area contributed by atoms with E-state index in [1.807, 2.05) is 0 Å². The zero-order valence-electron chi connectivity index (χ0n) is 19.6. The van der Waals surface area contributed by atoms with Crippen molar-refractivity contribution in [1.82, 2.24) is 0 Å². The van der Waals surface area contributed by atoms with Crippen LogP contribution in [-0.2, 0) is 4.79 Å². The molecule has 0 heterocycles. The quantitative estimate of drug-likeness (QED) is 0.142. The molecule has 0 bridgehead atoms. The molecule has 29 heavy (non-hydrogen) atoms. The zero-order valence-corrected chi connectivity index (χ0v) is 19.6. The first-order valence-corrected chi connectivity index (χ1v) is 12.6. The molecule has 1 atom stereocenters. The summed E-state index contributed by atoms with van der Waals surface area (Å²) in [6.45, 7) is 7.95. The Kier molecular flexibility index (Phi) is 18.6. The molecule has 1 unspecified atom stereocenters. The minimum Gasteiger partial charge on any atom is -0.478 e. The largest absolute Gasteiger partial charge is 0.478 e. The number of hydrogen-bond donors (Lipinski definition) is 1. The number of alkyl halides is 1. The molecule has 172 valence electrons. The molecule has 0 amide bonds. The lowest BCUT2D eigenvalue weighted by atomic mass is 9.85. The number of carboxylic acids is 1. The Labute approximate surface area is 180 Å². The Hall–Kier alpha value is -0.860. The first-order valence-electron chi connectivity index (χ1n) is 12.6. The molecule has 0 aliphatic heterocycles. The average Bonchev–Trinajstić information content (AvgIpc) is 2.70. The molecule has 0 rings (SSSR count). The summed E-state index contributed by atoms with van der Waals surface area (Å²) in [5, 5.41) is 9.22. The molecule has 0 radical (unpaired) electrons. The number of halogens is 1. The molecule has 0 aromatic carbocycles. The van der Waals surface area contributed by atoms with Gasteiger partial charge in [-0.2, -0.15) is 0 Å². The third-order valence-corrected chi connectivity index (χ3v) is 6.15. The normalized spacial score (nSPS) is 13.3. The number of unbranched alkanes of at least 4 members (excludes halogenated alkanes) is 16. The third-order valence-electron chi connectivity index (χ3n) is 6.15. The topological polar surface area (TPSA) is 37.3 Å². The van der Waals surface area contributed by atoms with Crippen molar-refractivity contribution in [2.24, 2.45) is 0 Å². The predicted octanol–water partition coefficient (Wildman–Crippen LogP) is 9.18. The molecule has 0 aliphatic rings. The molecule has 0 aliphatic carbocycles. The van der Waals surface area contributed by atoms with Gasteiger partial charge in [0.15, 0.2) is 0 Å². The van der Waals surface area contributed by atoms with Crippen LogP contribution in [-0.4, -0.2) is 16.7 Å². The van der Waals surface area contributed by atoms with Crippen LogP contribution in [0.4, 0.5) is 4.39 Å². The Balaban J connectivity index is 3.84. The van der Waals surface area contributed by atoms with Gasteiger partial charge < -0.3 is 5.11 Å². The van der Waals surface area contributed by atoms with Crippen LogP contribution in [0.3, 0.4) is 0 Å². The van der Waals surface area contributed by atoms with Crippen LogP contribution in [0.1, 0.15) is 142 Å². The molecule has 0 saturated heterocycles. The Morgan fingerprint density at radius 3 is 1.21 bits per heavy atom. The Morgan fingerprint density at radius 1 is 0.655 bits per heavy atom. The predicted molar refractivity (Wildman–Crippen MR) is 124 cm³/mol. The summed E-state index contributed by atoms with van der Waals surface area (Å²) < 4.78 is 15.3. The van der Waals surface area contributed by atoms with E-state index >= 15 is 4.39 Å². The van der Waals surface area contributed by atoms with Crippen molar-refractivity contribution in [1.29, 1.82) is 0 Å². The van der Waals surface area contributed by atoms with Gasteiger partial charge in [-0.25, -0.2) is 9.18 Å². The highest BCUT2D eigenvalue weighted by molar-refractivity contribution is 5.88. The maximum Gasteiger partial charge on any atom is 0.334 e. The highest BCUT2D eigenvalue weighted by Crippen LogP contribution is 2.33. The lowest BCUT2D eigenvalue weighted by Gasteiger charge is -2.25. The first kappa shape index (κ1) is 28.1. The van der Waals surface area contributed by atoms with Crippen LogP contribution in [0, 0.1) is 0 Å². The second kappa shape index (κ2) is 19.1. The molecular weight excluding hydrogens is 363 g/mol. The van der Waals surface area contributed by atoms with E-state index in [-0.39, 0.29) is 5.57 Å². The Bertz CT molecular complexity index is 408. The summed E-state index contributed by atoms with van der Waals surface area (Å²) in [7, 11) is 0. The number of carbonyl (C=O) groups is 1. The SMILES string of the molecule is C=C(C(=O)O)C(F)(CCCCCCC)CCCCCCCCCCCCCCC. The molecule has 0 aromatic heterocycles. The first-order chi connectivity index (χ1) is 14.0. The van der Waals surface area contributed by atoms with Crippen molar-refractivity contribution in [2.75, 3.05) is 0 Å². The van der Waals surface area contributed by atoms with Crippen LogP contribution < -0.4 is 0 Å². The molecule has 2 nitrogen and oxygen atoms in total. The lowest BCUT2D eigenvalue weighted by Crippen LogP contribution is -2.29. The summed E-state index contributed by atoms with van der Waals surface area (Å²) in [6, 6.07) is 0. The van der Waals surface area contributed by atoms with Crippen molar-refractivity contribution in [3.05, 3.63) is 12.2 Å². The highest BCUT2D eigenvalue weighted by Gasteiger charge is 2.35. The summed E-state index contributed by atoms with van der Waals surface area (Å²) in [5.41, 5.74) is -1.97. The van der Waals surface area contributed by atoms with E-state index in [2.05, 4.69) is 20.4 Å². The highest BCUT2D eigenvalue weighted by atomic mass is 19.1. The standard InChI is InChI=1S/C26H49FO2/c1-4-6-8-10-11-12-13-14-15-16-17-19-21-23-26(27,24(3)25(28)29)22-20-18-9-7-5-2/h3-23H2,1-2H3,(H,28,29). The van der Waals surface area contributed by atoms with Crippen LogP contribution in [0.15, 0.2) is 12.2 Å². The fraction of sp³-hybridized carbons (Fsp3) is 0.885. The molecule has 1 N–H and O–H groups in total. The molecule has 0 fully saturated rings. The van der Waals surface area contributed by atoms with Gasteiger partial charge in [0, 0.05) is 0 Å². The van der Waals surface area contributed by atoms with Gasteiger partial charge >= 0.3 is 5.97 Å². The smallest absolute Gasteiger partial charge is 0.334 e. The summed E-state index contributed by atoms with van der Waals surface area (Å²) >= 11 is 0. The van der Waals surface area contributed by atoms with Gasteiger partial charge in [-0.3, -0.25) is 0 Å². The van der Waals surface area contributed by atoms with E-state index in [1.165, 1.54) is 64.2 Å². The average molecular weight is 413 g/mol. The molecule has 3 heteroatoms. The second-order valence-electron chi connectivity index (χ2n) is 8.91. The molecule has 0 aromatic rings. The van der Waals surface area contributed by atoms with Crippen LogP contribution in [0.5, 0.6) is 0 Å². The maximum absolute atomic E-state index is 15.3. The van der Waals surface area contributed by atoms with E-state index in [0.29, 0.717) is 12.8 Å². The van der Waals surface area contributed by atoms with E-state index in [9.17, 15) is 9.90 Å². The fourth-order valence-electron chi connectivity index (χ4n) is 4.05. The summed E-state index contributed by atoms with van der Waals surface area (Å²) in [5.74, 6) is -1.18. The van der Waals surface area contributed by atoms with Gasteiger partial charge in [-0.15, -0.1) is 0 Å². The van der Waals surface area contributed by atoms with Crippen LogP contribution in [0.25, 0.3) is 0 Å². The van der Waals surface area contributed by atoms with Gasteiger partial charge in [0.25, 0.3) is 0 Å². The van der Waals surface area contributed by atoms with E-state index in [1.54, 1.807) is 0 Å². The Morgan fingerprint density at radius 2 is 0.931 bits per heavy atom. The molecule has 0 spiro atoms. The maximum atomic E-state index is 15.3. The van der Waals surface area contributed by atoms with E-state index < -0.39 is 11.6 Å². The van der Waals surface area contributed by atoms with Crippen molar-refractivity contribution >= 4 is 5.97 Å². The van der Waals surface area contributed by atoms with E-state index in [0.717, 1.165) is 51.4 Å². The number of carboxylic acid groups (broad SMARTS) is 1. The third kappa shape index (κ3) is 15.6. The minimum atomic E-state index is -1.73. The summed E-state index contributed by atoms with van der Waals surface area (Å²) in [6.07, 6.45) is 22.0.